The molecule has 0 aliphatic carbocycles. The molecule has 2 aromatic carbocycles. The van der Waals surface area contributed by atoms with Crippen LogP contribution in [0.25, 0.3) is 0 Å². The number of ether oxygens (including phenoxy) is 1. The third-order valence-electron chi connectivity index (χ3n) is 5.04. The molecule has 0 saturated heterocycles. The number of hydrogen-bond donors (Lipinski definition) is 2. The van der Waals surface area contributed by atoms with Crippen molar-refractivity contribution in [2.45, 2.75) is 19.9 Å². The molecule has 0 bridgehead atoms. The molecule has 0 unspecified atom stereocenters. The van der Waals surface area contributed by atoms with Crippen LogP contribution in [0, 0.1) is 6.92 Å². The van der Waals surface area contributed by atoms with Crippen LogP contribution in [0.3, 0.4) is 0 Å². The maximum Gasteiger partial charge on any atom is 0.257 e. The molecule has 31 heavy (non-hydrogen) atoms. The number of allylic oxidation sites excluding steroid dienone is 1. The Balaban J connectivity index is 1.81. The molecule has 7 nitrogen and oxygen atoms in total. The minimum absolute atomic E-state index is 0.297. The highest BCUT2D eigenvalue weighted by Crippen LogP contribution is 2.35. The molecule has 1 aliphatic heterocycles. The largest absolute Gasteiger partial charge is 0.497 e. The van der Waals surface area contributed by atoms with Gasteiger partial charge in [0.2, 0.25) is 0 Å². The molecule has 0 saturated carbocycles. The molecule has 2 heterocycles. The van der Waals surface area contributed by atoms with E-state index in [-0.39, 0.29) is 5.91 Å². The zero-order valence-corrected chi connectivity index (χ0v) is 18.2. The van der Waals surface area contributed by atoms with Gasteiger partial charge in [0.25, 0.3) is 5.91 Å². The summed E-state index contributed by atoms with van der Waals surface area (Å²) in [6.45, 7) is 3.65. The van der Waals surface area contributed by atoms with Gasteiger partial charge < -0.3 is 19.9 Å². The Hall–Kier alpha value is -3.65. The van der Waals surface area contributed by atoms with Crippen molar-refractivity contribution in [3.05, 3.63) is 83.3 Å². The first kappa shape index (κ1) is 20.6. The van der Waals surface area contributed by atoms with E-state index in [9.17, 15) is 4.79 Å². The van der Waals surface area contributed by atoms with Gasteiger partial charge in [0.1, 0.15) is 11.5 Å². The number of aromatic nitrogens is 1. The van der Waals surface area contributed by atoms with Gasteiger partial charge in [-0.15, -0.1) is 0 Å². The van der Waals surface area contributed by atoms with E-state index in [2.05, 4.69) is 15.8 Å². The molecular formula is C23H22N4O3S. The van der Waals surface area contributed by atoms with Crippen LogP contribution in [0.5, 0.6) is 5.75 Å². The van der Waals surface area contributed by atoms with Crippen LogP contribution < -0.4 is 20.3 Å². The van der Waals surface area contributed by atoms with Gasteiger partial charge in [-0.1, -0.05) is 35.5 Å². The first-order chi connectivity index (χ1) is 15.0. The van der Waals surface area contributed by atoms with Crippen LogP contribution >= 0.6 is 12.2 Å². The lowest BCUT2D eigenvalue weighted by Gasteiger charge is -2.37. The van der Waals surface area contributed by atoms with E-state index in [1.807, 2.05) is 66.4 Å². The van der Waals surface area contributed by atoms with Gasteiger partial charge >= 0.3 is 0 Å². The third-order valence-corrected chi connectivity index (χ3v) is 5.34. The highest BCUT2D eigenvalue weighted by Gasteiger charge is 2.35. The number of amides is 1. The number of aryl methyl sites for hydroxylation is 1. The zero-order chi connectivity index (χ0) is 22.0. The van der Waals surface area contributed by atoms with E-state index >= 15 is 0 Å². The predicted molar refractivity (Wildman–Crippen MR) is 123 cm³/mol. The first-order valence-corrected chi connectivity index (χ1v) is 10.1. The van der Waals surface area contributed by atoms with Gasteiger partial charge in [-0.3, -0.25) is 9.69 Å². The van der Waals surface area contributed by atoms with Crippen molar-refractivity contribution in [2.24, 2.45) is 0 Å². The summed E-state index contributed by atoms with van der Waals surface area (Å²) in [5.41, 5.74) is 2.96. The van der Waals surface area contributed by atoms with Crippen molar-refractivity contribution < 1.29 is 14.1 Å². The van der Waals surface area contributed by atoms with Gasteiger partial charge in [0, 0.05) is 17.5 Å². The minimum atomic E-state index is -0.462. The number of para-hydroxylation sites is 1. The second kappa shape index (κ2) is 8.61. The summed E-state index contributed by atoms with van der Waals surface area (Å²) >= 11 is 5.69. The predicted octanol–water partition coefficient (Wildman–Crippen LogP) is 4.34. The van der Waals surface area contributed by atoms with Gasteiger partial charge in [0.15, 0.2) is 10.9 Å². The fourth-order valence-corrected chi connectivity index (χ4v) is 3.97. The molecular weight excluding hydrogens is 412 g/mol. The summed E-state index contributed by atoms with van der Waals surface area (Å²) in [5, 5.41) is 10.5. The summed E-state index contributed by atoms with van der Waals surface area (Å²) in [7, 11) is 1.61. The molecule has 1 atom stereocenters. The average Bonchev–Trinajstić information content (AvgIpc) is 3.18. The maximum atomic E-state index is 13.4. The lowest BCUT2D eigenvalue weighted by molar-refractivity contribution is -0.113. The van der Waals surface area contributed by atoms with Crippen LogP contribution in [-0.4, -0.2) is 23.3 Å². The van der Waals surface area contributed by atoms with Gasteiger partial charge in [-0.25, -0.2) is 0 Å². The van der Waals surface area contributed by atoms with E-state index in [1.165, 1.54) is 0 Å². The van der Waals surface area contributed by atoms with Gasteiger partial charge in [-0.2, -0.15) is 0 Å². The third kappa shape index (κ3) is 4.15. The quantitative estimate of drug-likeness (QED) is 0.578. The Kier molecular flexibility index (Phi) is 5.73. The van der Waals surface area contributed by atoms with Crippen molar-refractivity contribution in [3.8, 4) is 5.75 Å². The average molecular weight is 435 g/mol. The summed E-state index contributed by atoms with van der Waals surface area (Å²) in [6, 6.07) is 18.4. The molecule has 2 N–H and O–H groups in total. The second-order valence-electron chi connectivity index (χ2n) is 7.11. The lowest BCUT2D eigenvalue weighted by atomic mass is 9.94. The number of methoxy groups -OCH3 is 1. The molecule has 4 rings (SSSR count). The number of hydrogen-bond acceptors (Lipinski definition) is 5. The van der Waals surface area contributed by atoms with Gasteiger partial charge in [0.05, 0.1) is 18.7 Å². The molecule has 0 radical (unpaired) electrons. The topological polar surface area (TPSA) is 79.6 Å². The SMILES string of the molecule is COc1cccc([C@@H]2NC(=S)N(c3ccccc3)C(C)=C2C(=O)Nc2cc(C)on2)c1. The Bertz CT molecular complexity index is 1160. The van der Waals surface area contributed by atoms with E-state index in [0.29, 0.717) is 28.0 Å². The van der Waals surface area contributed by atoms with Crippen LogP contribution in [0.2, 0.25) is 0 Å². The Labute approximate surface area is 185 Å². The van der Waals surface area contributed by atoms with Crippen LogP contribution in [0.4, 0.5) is 11.5 Å². The number of benzene rings is 2. The smallest absolute Gasteiger partial charge is 0.257 e. The molecule has 0 spiro atoms. The summed E-state index contributed by atoms with van der Waals surface area (Å²) < 4.78 is 10.5. The van der Waals surface area contributed by atoms with Crippen molar-refractivity contribution in [1.29, 1.82) is 0 Å². The lowest BCUT2D eigenvalue weighted by Crippen LogP contribution is -2.48. The van der Waals surface area contributed by atoms with E-state index < -0.39 is 6.04 Å². The maximum absolute atomic E-state index is 13.4. The van der Waals surface area contributed by atoms with Crippen LogP contribution in [0.1, 0.15) is 24.3 Å². The van der Waals surface area contributed by atoms with E-state index in [1.54, 1.807) is 20.1 Å². The van der Waals surface area contributed by atoms with Crippen molar-refractivity contribution >= 4 is 34.7 Å². The number of nitrogens with zero attached hydrogens (tertiary/aromatic N) is 2. The Morgan fingerprint density at radius 2 is 1.94 bits per heavy atom. The number of carbonyl (C=O) groups is 1. The fourth-order valence-electron chi connectivity index (χ4n) is 3.61. The fraction of sp³-hybridized carbons (Fsp3) is 0.174. The molecule has 1 amide bonds. The summed E-state index contributed by atoms with van der Waals surface area (Å²) in [6.07, 6.45) is 0. The first-order valence-electron chi connectivity index (χ1n) is 9.73. The second-order valence-corrected chi connectivity index (χ2v) is 7.49. The zero-order valence-electron chi connectivity index (χ0n) is 17.4. The highest BCUT2D eigenvalue weighted by atomic mass is 32.1. The number of rotatable bonds is 5. The summed E-state index contributed by atoms with van der Waals surface area (Å²) in [5.74, 6) is 1.36. The van der Waals surface area contributed by atoms with Crippen molar-refractivity contribution in [3.63, 3.8) is 0 Å². The van der Waals surface area contributed by atoms with Gasteiger partial charge in [-0.05, 0) is 55.9 Å². The summed E-state index contributed by atoms with van der Waals surface area (Å²) in [4.78, 5) is 15.3. The number of carbonyl (C=O) groups excluding carboxylic acids is 1. The highest BCUT2D eigenvalue weighted by molar-refractivity contribution is 7.80. The molecule has 0 fully saturated rings. The molecule has 158 valence electrons. The van der Waals surface area contributed by atoms with Crippen molar-refractivity contribution in [1.82, 2.24) is 10.5 Å². The minimum Gasteiger partial charge on any atom is -0.497 e. The van der Waals surface area contributed by atoms with Crippen molar-refractivity contribution in [2.75, 3.05) is 17.3 Å². The number of thiocarbonyl (C=S) groups is 1. The molecule has 1 aromatic heterocycles. The van der Waals surface area contributed by atoms with E-state index in [4.69, 9.17) is 21.5 Å². The molecule has 8 heteroatoms. The van der Waals surface area contributed by atoms with Crippen LogP contribution in [0.15, 0.2) is 76.5 Å². The Morgan fingerprint density at radius 1 is 1.16 bits per heavy atom. The standard InChI is InChI=1S/C23H22N4O3S/c1-14-12-19(26-30-14)24-22(28)20-15(2)27(17-9-5-4-6-10-17)23(31)25-21(20)16-8-7-11-18(13-16)29-3/h4-13,21H,1-3H3,(H,25,31)(H,24,26,28)/t21-/m0/s1. The Morgan fingerprint density at radius 3 is 2.61 bits per heavy atom. The molecule has 3 aromatic rings. The van der Waals surface area contributed by atoms with E-state index in [0.717, 1.165) is 16.9 Å². The van der Waals surface area contributed by atoms with Crippen LogP contribution in [-0.2, 0) is 4.79 Å². The molecule has 1 aliphatic rings. The monoisotopic (exact) mass is 434 g/mol. The number of anilines is 2. The number of nitrogens with one attached hydrogen (secondary N) is 2. The normalized spacial score (nSPS) is 16.2.